The van der Waals surface area contributed by atoms with Crippen LogP contribution < -0.4 is 15.4 Å². The van der Waals surface area contributed by atoms with Crippen LogP contribution in [-0.4, -0.2) is 31.1 Å². The van der Waals surface area contributed by atoms with Gasteiger partial charge in [-0.2, -0.15) is 0 Å². The summed E-state index contributed by atoms with van der Waals surface area (Å²) in [6, 6.07) is 11.9. The highest BCUT2D eigenvalue weighted by Crippen LogP contribution is 2.35. The Balaban J connectivity index is 1.70. The minimum atomic E-state index is -0.453. The lowest BCUT2D eigenvalue weighted by Gasteiger charge is -2.13. The van der Waals surface area contributed by atoms with Crippen LogP contribution in [0.5, 0.6) is 5.75 Å². The Kier molecular flexibility index (Phi) is 8.06. The summed E-state index contributed by atoms with van der Waals surface area (Å²) in [7, 11) is 1.31. The number of esters is 1. The summed E-state index contributed by atoms with van der Waals surface area (Å²) in [4.78, 5) is 24.3. The van der Waals surface area contributed by atoms with Crippen molar-refractivity contribution in [3.05, 3.63) is 60.5 Å². The van der Waals surface area contributed by atoms with Crippen LogP contribution in [0.25, 0.3) is 6.08 Å². The minimum Gasteiger partial charge on any atom is -0.480 e. The molecule has 0 spiro atoms. The third-order valence-electron chi connectivity index (χ3n) is 4.27. The van der Waals surface area contributed by atoms with E-state index in [-0.39, 0.29) is 18.0 Å². The SMILES string of the molecule is CCc1ccc(N[C@@H]2NC(=O)/C(=C/c3cc(Br)c(OCC(=O)OC)c(I)c3)S2)cc1. The van der Waals surface area contributed by atoms with Gasteiger partial charge in [0.15, 0.2) is 12.1 Å². The molecule has 9 heteroatoms. The predicted octanol–water partition coefficient (Wildman–Crippen LogP) is 4.77. The van der Waals surface area contributed by atoms with Gasteiger partial charge in [-0.3, -0.25) is 4.79 Å². The number of anilines is 1. The molecular formula is C21H20BrIN2O4S. The van der Waals surface area contributed by atoms with Gasteiger partial charge in [0.05, 0.1) is 20.1 Å². The van der Waals surface area contributed by atoms with Crippen LogP contribution in [0, 0.1) is 3.57 Å². The summed E-state index contributed by atoms with van der Waals surface area (Å²) in [6.07, 6.45) is 2.82. The average Bonchev–Trinajstić information content (AvgIpc) is 3.06. The largest absolute Gasteiger partial charge is 0.480 e. The van der Waals surface area contributed by atoms with Crippen molar-refractivity contribution in [2.75, 3.05) is 19.0 Å². The van der Waals surface area contributed by atoms with Crippen LogP contribution in [0.1, 0.15) is 18.1 Å². The highest BCUT2D eigenvalue weighted by atomic mass is 127. The number of rotatable bonds is 7. The fraction of sp³-hybridized carbons (Fsp3) is 0.238. The number of hydrogen-bond acceptors (Lipinski definition) is 6. The molecule has 30 heavy (non-hydrogen) atoms. The fourth-order valence-corrected chi connectivity index (χ4v) is 5.45. The van der Waals surface area contributed by atoms with Crippen molar-refractivity contribution in [1.29, 1.82) is 0 Å². The molecule has 0 unspecified atom stereocenters. The van der Waals surface area contributed by atoms with Crippen LogP contribution in [0.15, 0.2) is 45.8 Å². The van der Waals surface area contributed by atoms with Gasteiger partial charge in [-0.15, -0.1) is 0 Å². The summed E-state index contributed by atoms with van der Waals surface area (Å²) < 4.78 is 11.6. The van der Waals surface area contributed by atoms with E-state index in [0.717, 1.165) is 21.2 Å². The molecule has 0 saturated carbocycles. The second kappa shape index (κ2) is 10.5. The third-order valence-corrected chi connectivity index (χ3v) is 6.69. The van der Waals surface area contributed by atoms with E-state index >= 15 is 0 Å². The van der Waals surface area contributed by atoms with Crippen LogP contribution in [-0.2, 0) is 20.7 Å². The number of nitrogens with one attached hydrogen (secondary N) is 2. The van der Waals surface area contributed by atoms with Gasteiger partial charge in [-0.05, 0) is 86.4 Å². The molecule has 1 aliphatic heterocycles. The summed E-state index contributed by atoms with van der Waals surface area (Å²) in [5.74, 6) is -0.0210. The lowest BCUT2D eigenvalue weighted by Crippen LogP contribution is -2.30. The van der Waals surface area contributed by atoms with E-state index in [1.54, 1.807) is 0 Å². The van der Waals surface area contributed by atoms with Gasteiger partial charge in [0.25, 0.3) is 5.91 Å². The minimum absolute atomic E-state index is 0.125. The zero-order chi connectivity index (χ0) is 21.7. The quantitative estimate of drug-likeness (QED) is 0.270. The van der Waals surface area contributed by atoms with E-state index in [2.05, 4.69) is 72.9 Å². The van der Waals surface area contributed by atoms with Gasteiger partial charge in [-0.1, -0.05) is 30.8 Å². The van der Waals surface area contributed by atoms with E-state index in [0.29, 0.717) is 15.1 Å². The molecule has 158 valence electrons. The number of amides is 1. The number of carbonyl (C=O) groups excluding carboxylic acids is 2. The highest BCUT2D eigenvalue weighted by Gasteiger charge is 2.27. The standard InChI is InChI=1S/C21H20BrIN2O4S/c1-3-12-4-6-14(7-5-12)24-21-25-20(27)17(30-21)10-13-8-15(22)19(16(23)9-13)29-11-18(26)28-2/h4-10,21,24H,3,11H2,1-2H3,(H,25,27)/b17-10-/t21-/m1/s1. The lowest BCUT2D eigenvalue weighted by atomic mass is 10.1. The number of ether oxygens (including phenoxy) is 2. The number of carbonyl (C=O) groups is 2. The normalized spacial score (nSPS) is 17.0. The Morgan fingerprint density at radius 1 is 1.33 bits per heavy atom. The van der Waals surface area contributed by atoms with Crippen molar-refractivity contribution < 1.29 is 19.1 Å². The van der Waals surface area contributed by atoms with Gasteiger partial charge in [0, 0.05) is 5.69 Å². The highest BCUT2D eigenvalue weighted by molar-refractivity contribution is 14.1. The Labute approximate surface area is 201 Å². The average molecular weight is 603 g/mol. The van der Waals surface area contributed by atoms with Crippen LogP contribution in [0.3, 0.4) is 0 Å². The molecule has 0 bridgehead atoms. The number of benzene rings is 2. The Hall–Kier alpha value is -1.72. The van der Waals surface area contributed by atoms with Crippen LogP contribution in [0.4, 0.5) is 5.69 Å². The number of hydrogen-bond donors (Lipinski definition) is 2. The molecule has 1 amide bonds. The zero-order valence-electron chi connectivity index (χ0n) is 16.3. The molecule has 6 nitrogen and oxygen atoms in total. The van der Waals surface area contributed by atoms with Crippen molar-refractivity contribution in [3.8, 4) is 5.75 Å². The maximum Gasteiger partial charge on any atom is 0.343 e. The molecule has 0 radical (unpaired) electrons. The van der Waals surface area contributed by atoms with Crippen molar-refractivity contribution in [2.45, 2.75) is 18.8 Å². The van der Waals surface area contributed by atoms with Gasteiger partial charge in [0.1, 0.15) is 5.75 Å². The summed E-state index contributed by atoms with van der Waals surface area (Å²) in [6.45, 7) is 1.94. The second-order valence-electron chi connectivity index (χ2n) is 6.35. The molecule has 1 heterocycles. The molecular weight excluding hydrogens is 583 g/mol. The summed E-state index contributed by atoms with van der Waals surface area (Å²) in [5, 5.41) is 6.25. The summed E-state index contributed by atoms with van der Waals surface area (Å²) in [5.41, 5.74) is 2.84. The number of halogens is 2. The van der Waals surface area contributed by atoms with Gasteiger partial charge in [0.2, 0.25) is 0 Å². The van der Waals surface area contributed by atoms with Crippen molar-refractivity contribution in [2.24, 2.45) is 0 Å². The third kappa shape index (κ3) is 5.92. The predicted molar refractivity (Wildman–Crippen MR) is 131 cm³/mol. The number of aryl methyl sites for hydroxylation is 1. The van der Waals surface area contributed by atoms with Gasteiger partial charge >= 0.3 is 5.97 Å². The Morgan fingerprint density at radius 3 is 2.70 bits per heavy atom. The molecule has 0 aliphatic carbocycles. The Morgan fingerprint density at radius 2 is 2.07 bits per heavy atom. The molecule has 0 aromatic heterocycles. The zero-order valence-corrected chi connectivity index (χ0v) is 20.9. The maximum atomic E-state index is 12.4. The second-order valence-corrected chi connectivity index (χ2v) is 9.52. The number of methoxy groups -OCH3 is 1. The first-order chi connectivity index (χ1) is 14.4. The van der Waals surface area contributed by atoms with Gasteiger partial charge < -0.3 is 20.1 Å². The van der Waals surface area contributed by atoms with E-state index in [9.17, 15) is 9.59 Å². The first-order valence-corrected chi connectivity index (χ1v) is 11.9. The van der Waals surface area contributed by atoms with Crippen LogP contribution in [0.2, 0.25) is 0 Å². The fourth-order valence-electron chi connectivity index (χ4n) is 2.70. The van der Waals surface area contributed by atoms with Gasteiger partial charge in [-0.25, -0.2) is 4.79 Å². The monoisotopic (exact) mass is 602 g/mol. The molecule has 1 atom stereocenters. The van der Waals surface area contributed by atoms with E-state index in [1.807, 2.05) is 30.3 Å². The molecule has 1 fully saturated rings. The molecule has 1 saturated heterocycles. The smallest absolute Gasteiger partial charge is 0.343 e. The van der Waals surface area contributed by atoms with Crippen molar-refractivity contribution >= 4 is 73.9 Å². The van der Waals surface area contributed by atoms with Crippen LogP contribution >= 0.6 is 50.3 Å². The van der Waals surface area contributed by atoms with E-state index in [1.165, 1.54) is 24.4 Å². The number of thioether (sulfide) groups is 1. The lowest BCUT2D eigenvalue weighted by molar-refractivity contribution is -0.142. The molecule has 3 rings (SSSR count). The molecule has 1 aliphatic rings. The first-order valence-electron chi connectivity index (χ1n) is 9.13. The molecule has 2 aromatic carbocycles. The first kappa shape index (κ1) is 23.0. The summed E-state index contributed by atoms with van der Waals surface area (Å²) >= 11 is 7.03. The van der Waals surface area contributed by atoms with E-state index < -0.39 is 5.97 Å². The topological polar surface area (TPSA) is 76.7 Å². The van der Waals surface area contributed by atoms with Crippen molar-refractivity contribution in [1.82, 2.24) is 5.32 Å². The van der Waals surface area contributed by atoms with Crippen molar-refractivity contribution in [3.63, 3.8) is 0 Å². The molecule has 2 N–H and O–H groups in total. The maximum absolute atomic E-state index is 12.4. The molecule has 2 aromatic rings. The Bertz CT molecular complexity index is 958. The van der Waals surface area contributed by atoms with E-state index in [4.69, 9.17) is 4.74 Å².